The van der Waals surface area contributed by atoms with Gasteiger partial charge < -0.3 is 14.4 Å². The monoisotopic (exact) mass is 399 g/mol. The van der Waals surface area contributed by atoms with Crippen molar-refractivity contribution in [1.82, 2.24) is 14.7 Å². The molecule has 0 N–H and O–H groups in total. The molecule has 0 bridgehead atoms. The summed E-state index contributed by atoms with van der Waals surface area (Å²) in [5, 5.41) is 4.53. The van der Waals surface area contributed by atoms with Crippen LogP contribution in [-0.2, 0) is 33.3 Å². The van der Waals surface area contributed by atoms with Crippen molar-refractivity contribution in [3.05, 3.63) is 53.3 Å². The molecule has 1 atom stereocenters. The maximum atomic E-state index is 13.7. The lowest BCUT2D eigenvalue weighted by Gasteiger charge is -2.37. The van der Waals surface area contributed by atoms with Gasteiger partial charge in [0.15, 0.2) is 5.54 Å². The van der Waals surface area contributed by atoms with Crippen LogP contribution < -0.4 is 0 Å². The number of aryl methyl sites for hydroxylation is 1. The van der Waals surface area contributed by atoms with Crippen molar-refractivity contribution in [2.75, 3.05) is 20.3 Å². The smallest absolute Gasteiger partial charge is 0.334 e. The zero-order chi connectivity index (χ0) is 21.2. The number of nitrogens with zero attached hydrogens (tertiary/aromatic N) is 3. The Bertz CT molecular complexity index is 877. The van der Waals surface area contributed by atoms with E-state index in [1.54, 1.807) is 22.7 Å². The fraction of sp³-hybridized carbons (Fsp3) is 0.500. The Hall–Kier alpha value is -2.67. The first-order chi connectivity index (χ1) is 13.7. The average molecular weight is 399 g/mol. The van der Waals surface area contributed by atoms with Gasteiger partial charge in [-0.25, -0.2) is 4.79 Å². The number of esters is 1. The lowest BCUT2D eigenvalue weighted by atomic mass is 9.91. The summed E-state index contributed by atoms with van der Waals surface area (Å²) in [6.45, 7) is 6.92. The van der Waals surface area contributed by atoms with Crippen LogP contribution in [0, 0.1) is 0 Å². The second-order valence-electron chi connectivity index (χ2n) is 8.49. The fourth-order valence-electron chi connectivity index (χ4n) is 3.58. The number of rotatable bonds is 5. The molecule has 1 saturated heterocycles. The van der Waals surface area contributed by atoms with Crippen molar-refractivity contribution in [2.24, 2.45) is 7.05 Å². The minimum Gasteiger partial charge on any atom is -0.467 e. The van der Waals surface area contributed by atoms with Gasteiger partial charge in [-0.2, -0.15) is 5.10 Å². The first-order valence-electron chi connectivity index (χ1n) is 9.75. The lowest BCUT2D eigenvalue weighted by molar-refractivity contribution is -0.154. The summed E-state index contributed by atoms with van der Waals surface area (Å²) in [4.78, 5) is 28.1. The minimum absolute atomic E-state index is 0.113. The molecule has 1 unspecified atom stereocenters. The summed E-state index contributed by atoms with van der Waals surface area (Å²) in [5.74, 6) is -0.729. The highest BCUT2D eigenvalue weighted by molar-refractivity contribution is 5.97. The molecule has 0 aliphatic carbocycles. The molecule has 1 aliphatic rings. The van der Waals surface area contributed by atoms with E-state index in [4.69, 9.17) is 9.47 Å². The Morgan fingerprint density at radius 3 is 2.48 bits per heavy atom. The maximum Gasteiger partial charge on any atom is 0.334 e. The molecule has 7 nitrogen and oxygen atoms in total. The van der Waals surface area contributed by atoms with Crippen LogP contribution in [0.5, 0.6) is 0 Å². The Morgan fingerprint density at radius 2 is 1.97 bits per heavy atom. The van der Waals surface area contributed by atoms with Gasteiger partial charge in [0, 0.05) is 32.0 Å². The topological polar surface area (TPSA) is 73.7 Å². The van der Waals surface area contributed by atoms with Crippen molar-refractivity contribution < 1.29 is 19.1 Å². The second-order valence-corrected chi connectivity index (χ2v) is 8.49. The van der Waals surface area contributed by atoms with Gasteiger partial charge in [-0.15, -0.1) is 0 Å². The molecule has 1 amide bonds. The standard InChI is InChI=1S/C22H29N3O4/c1-21(2,3)18-13-17(24(4)23-18)19(26)25(14-16-9-7-6-8-10-16)22(20(27)28-5)11-12-29-15-22/h6-10,13H,11-12,14-15H2,1-5H3. The summed E-state index contributed by atoms with van der Waals surface area (Å²) >= 11 is 0. The van der Waals surface area contributed by atoms with Gasteiger partial charge >= 0.3 is 5.97 Å². The van der Waals surface area contributed by atoms with E-state index in [0.29, 0.717) is 18.7 Å². The molecule has 1 aliphatic heterocycles. The van der Waals surface area contributed by atoms with Gasteiger partial charge in [-0.05, 0) is 11.6 Å². The third-order valence-corrected chi connectivity index (χ3v) is 5.38. The summed E-state index contributed by atoms with van der Waals surface area (Å²) in [7, 11) is 3.09. The van der Waals surface area contributed by atoms with Crippen molar-refractivity contribution in [3.8, 4) is 0 Å². The molecule has 156 valence electrons. The summed E-state index contributed by atoms with van der Waals surface area (Å²) < 4.78 is 12.2. The fourth-order valence-corrected chi connectivity index (χ4v) is 3.58. The van der Waals surface area contributed by atoms with Crippen molar-refractivity contribution in [1.29, 1.82) is 0 Å². The summed E-state index contributed by atoms with van der Waals surface area (Å²) in [6, 6.07) is 11.4. The van der Waals surface area contributed by atoms with E-state index in [9.17, 15) is 9.59 Å². The third-order valence-electron chi connectivity index (χ3n) is 5.38. The van der Waals surface area contributed by atoms with E-state index in [0.717, 1.165) is 11.3 Å². The number of ether oxygens (including phenoxy) is 2. The van der Waals surface area contributed by atoms with Gasteiger partial charge in [0.05, 0.1) is 19.4 Å². The van der Waals surface area contributed by atoms with E-state index < -0.39 is 11.5 Å². The minimum atomic E-state index is -1.16. The van der Waals surface area contributed by atoms with E-state index in [1.165, 1.54) is 7.11 Å². The van der Waals surface area contributed by atoms with Gasteiger partial charge in [-0.3, -0.25) is 9.48 Å². The van der Waals surface area contributed by atoms with Crippen molar-refractivity contribution in [3.63, 3.8) is 0 Å². The number of benzene rings is 1. The highest BCUT2D eigenvalue weighted by atomic mass is 16.5. The Balaban J connectivity index is 2.06. The second kappa shape index (κ2) is 7.99. The van der Waals surface area contributed by atoms with Gasteiger partial charge in [-0.1, -0.05) is 51.1 Å². The number of aromatic nitrogens is 2. The first kappa shape index (κ1) is 21.0. The number of amides is 1. The molecule has 1 aromatic heterocycles. The van der Waals surface area contributed by atoms with Crippen molar-refractivity contribution >= 4 is 11.9 Å². The van der Waals surface area contributed by atoms with Crippen LogP contribution in [0.2, 0.25) is 0 Å². The summed E-state index contributed by atoms with van der Waals surface area (Å²) in [5.41, 5.74) is 0.818. The number of methoxy groups -OCH3 is 1. The Morgan fingerprint density at radius 1 is 1.28 bits per heavy atom. The molecule has 3 rings (SSSR count). The van der Waals surface area contributed by atoms with E-state index >= 15 is 0 Å². The highest BCUT2D eigenvalue weighted by Crippen LogP contribution is 2.32. The SMILES string of the molecule is COC(=O)C1(N(Cc2ccccc2)C(=O)c2cc(C(C)(C)C)nn2C)CCOC1. The molecule has 1 fully saturated rings. The number of carbonyl (C=O) groups is 2. The van der Waals surface area contributed by atoms with Crippen LogP contribution in [0.15, 0.2) is 36.4 Å². The third kappa shape index (κ3) is 4.05. The van der Waals surface area contributed by atoms with E-state index in [1.807, 2.05) is 51.1 Å². The van der Waals surface area contributed by atoms with E-state index in [-0.39, 0.29) is 24.5 Å². The molecular weight excluding hydrogens is 370 g/mol. The number of hydrogen-bond donors (Lipinski definition) is 0. The van der Waals surface area contributed by atoms with Crippen LogP contribution in [0.1, 0.15) is 48.9 Å². The zero-order valence-corrected chi connectivity index (χ0v) is 17.8. The molecule has 0 radical (unpaired) electrons. The molecule has 2 aromatic rings. The van der Waals surface area contributed by atoms with Gasteiger partial charge in [0.2, 0.25) is 0 Å². The molecular formula is C22H29N3O4. The van der Waals surface area contributed by atoms with Crippen LogP contribution >= 0.6 is 0 Å². The number of carbonyl (C=O) groups excluding carboxylic acids is 2. The molecule has 0 saturated carbocycles. The van der Waals surface area contributed by atoms with Crippen molar-refractivity contribution in [2.45, 2.75) is 44.7 Å². The predicted molar refractivity (Wildman–Crippen MR) is 108 cm³/mol. The quantitative estimate of drug-likeness (QED) is 0.723. The van der Waals surface area contributed by atoms with Gasteiger partial charge in [0.1, 0.15) is 5.69 Å². The molecule has 29 heavy (non-hydrogen) atoms. The zero-order valence-electron chi connectivity index (χ0n) is 17.8. The summed E-state index contributed by atoms with van der Waals surface area (Å²) in [6.07, 6.45) is 0.391. The average Bonchev–Trinajstić information content (AvgIpc) is 3.33. The molecule has 2 heterocycles. The lowest BCUT2D eigenvalue weighted by Crippen LogP contribution is -2.58. The molecule has 7 heteroatoms. The highest BCUT2D eigenvalue weighted by Gasteiger charge is 2.51. The van der Waals surface area contributed by atoms with Crippen LogP contribution in [0.3, 0.4) is 0 Å². The normalized spacial score (nSPS) is 19.2. The van der Waals surface area contributed by atoms with Crippen LogP contribution in [0.25, 0.3) is 0 Å². The van der Waals surface area contributed by atoms with Crippen LogP contribution in [0.4, 0.5) is 0 Å². The van der Waals surface area contributed by atoms with Gasteiger partial charge in [0.25, 0.3) is 5.91 Å². The molecule has 0 spiro atoms. The Labute approximate surface area is 171 Å². The Kier molecular flexibility index (Phi) is 5.80. The molecule has 1 aromatic carbocycles. The predicted octanol–water partition coefficient (Wildman–Crippen LogP) is 2.69. The largest absolute Gasteiger partial charge is 0.467 e. The van der Waals surface area contributed by atoms with E-state index in [2.05, 4.69) is 5.10 Å². The first-order valence-corrected chi connectivity index (χ1v) is 9.75. The number of hydrogen-bond acceptors (Lipinski definition) is 5. The van der Waals surface area contributed by atoms with Crippen LogP contribution in [-0.4, -0.2) is 52.4 Å². The maximum absolute atomic E-state index is 13.7.